The Morgan fingerprint density at radius 3 is 2.23 bits per heavy atom. The molecule has 6 heteroatoms. The van der Waals surface area contributed by atoms with Crippen LogP contribution in [0, 0.1) is 19.3 Å². The van der Waals surface area contributed by atoms with Gasteiger partial charge in [0.1, 0.15) is 11.2 Å². The number of halogens is 2. The summed E-state index contributed by atoms with van der Waals surface area (Å²) in [5.74, 6) is 0.459. The number of fused-ring (bicyclic) bond motifs is 6. The third-order valence-electron chi connectivity index (χ3n) is 7.00. The molecule has 0 radical (unpaired) electrons. The molecule has 2 atom stereocenters. The minimum Gasteiger partial charge on any atom is -0.426 e. The second-order valence-electron chi connectivity index (χ2n) is 9.14. The SMILES string of the molecule is Cc1cc(C)cc(OC(=O)C23CCC(c4nc5cc(Cl)c(Cl)cc5nc42)C3(C)C)c1. The molecular weight excluding hydrogens is 419 g/mol. The standard InChI is InChI=1S/C24H22Cl2N2O2/c1-12-7-13(2)9-14(8-12)30-22(29)24-6-5-15(23(24,3)4)20-21(24)28-19-11-17(26)16(25)10-18(19)27-20/h7-11,15H,5-6H2,1-4H3. The smallest absolute Gasteiger partial charge is 0.324 e. The number of rotatable bonds is 2. The molecule has 5 rings (SSSR count). The van der Waals surface area contributed by atoms with Crippen molar-refractivity contribution in [2.75, 3.05) is 0 Å². The van der Waals surface area contributed by atoms with Gasteiger partial charge in [0.05, 0.1) is 32.5 Å². The summed E-state index contributed by atoms with van der Waals surface area (Å²) < 4.78 is 5.97. The highest BCUT2D eigenvalue weighted by Crippen LogP contribution is 2.67. The molecule has 1 fully saturated rings. The van der Waals surface area contributed by atoms with Crippen molar-refractivity contribution in [3.63, 3.8) is 0 Å². The van der Waals surface area contributed by atoms with E-state index in [2.05, 4.69) is 19.9 Å². The first-order valence-electron chi connectivity index (χ1n) is 10.1. The number of ether oxygens (including phenoxy) is 1. The molecule has 2 bridgehead atoms. The molecule has 154 valence electrons. The van der Waals surface area contributed by atoms with E-state index in [0.29, 0.717) is 33.2 Å². The van der Waals surface area contributed by atoms with Crippen LogP contribution >= 0.6 is 23.2 Å². The predicted octanol–water partition coefficient (Wildman–Crippen LogP) is 6.31. The van der Waals surface area contributed by atoms with E-state index < -0.39 is 5.41 Å². The molecule has 0 N–H and O–H groups in total. The van der Waals surface area contributed by atoms with Crippen molar-refractivity contribution >= 4 is 40.2 Å². The number of carbonyl (C=O) groups excluding carboxylic acids is 1. The third kappa shape index (κ3) is 2.56. The Morgan fingerprint density at radius 1 is 1.00 bits per heavy atom. The highest BCUT2D eigenvalue weighted by Gasteiger charge is 2.69. The first-order valence-corrected chi connectivity index (χ1v) is 10.9. The summed E-state index contributed by atoms with van der Waals surface area (Å²) in [6.45, 7) is 8.24. The third-order valence-corrected chi connectivity index (χ3v) is 7.72. The van der Waals surface area contributed by atoms with E-state index in [-0.39, 0.29) is 17.3 Å². The van der Waals surface area contributed by atoms with Gasteiger partial charge >= 0.3 is 5.97 Å². The quantitative estimate of drug-likeness (QED) is 0.345. The van der Waals surface area contributed by atoms with Crippen LogP contribution in [0.2, 0.25) is 10.0 Å². The van der Waals surface area contributed by atoms with Crippen molar-refractivity contribution in [3.8, 4) is 5.75 Å². The van der Waals surface area contributed by atoms with Gasteiger partial charge in [-0.1, -0.05) is 43.1 Å². The van der Waals surface area contributed by atoms with Crippen LogP contribution in [0.1, 0.15) is 55.1 Å². The molecule has 0 aliphatic heterocycles. The van der Waals surface area contributed by atoms with Crippen LogP contribution in [0.3, 0.4) is 0 Å². The normalized spacial score (nSPS) is 23.6. The molecule has 4 nitrogen and oxygen atoms in total. The fourth-order valence-corrected chi connectivity index (χ4v) is 5.83. The topological polar surface area (TPSA) is 52.1 Å². The van der Waals surface area contributed by atoms with E-state index in [0.717, 1.165) is 28.9 Å². The fraction of sp³-hybridized carbons (Fsp3) is 0.375. The van der Waals surface area contributed by atoms with Crippen LogP contribution in [0.5, 0.6) is 5.75 Å². The highest BCUT2D eigenvalue weighted by atomic mass is 35.5. The number of aromatic nitrogens is 2. The molecule has 2 aliphatic rings. The molecular formula is C24H22Cl2N2O2. The number of carbonyl (C=O) groups is 1. The second-order valence-corrected chi connectivity index (χ2v) is 9.96. The zero-order valence-electron chi connectivity index (χ0n) is 17.3. The maximum atomic E-state index is 13.7. The minimum absolute atomic E-state index is 0.144. The lowest BCUT2D eigenvalue weighted by molar-refractivity contribution is -0.144. The van der Waals surface area contributed by atoms with Crippen LogP contribution in [0.4, 0.5) is 0 Å². The van der Waals surface area contributed by atoms with Gasteiger partial charge in [-0.05, 0) is 67.5 Å². The van der Waals surface area contributed by atoms with Gasteiger partial charge in [0.2, 0.25) is 0 Å². The number of benzene rings is 2. The van der Waals surface area contributed by atoms with Gasteiger partial charge < -0.3 is 4.74 Å². The van der Waals surface area contributed by atoms with E-state index >= 15 is 0 Å². The molecule has 0 saturated heterocycles. The lowest BCUT2D eigenvalue weighted by Gasteiger charge is -2.35. The Bertz CT molecular complexity index is 1220. The van der Waals surface area contributed by atoms with E-state index in [9.17, 15) is 4.79 Å². The summed E-state index contributed by atoms with van der Waals surface area (Å²) in [7, 11) is 0. The summed E-state index contributed by atoms with van der Waals surface area (Å²) in [5, 5.41) is 0.873. The molecule has 1 aromatic heterocycles. The molecule has 1 saturated carbocycles. The zero-order chi connectivity index (χ0) is 21.4. The van der Waals surface area contributed by atoms with Gasteiger partial charge in [0.15, 0.2) is 0 Å². The fourth-order valence-electron chi connectivity index (χ4n) is 5.51. The second kappa shape index (κ2) is 6.41. The van der Waals surface area contributed by atoms with Gasteiger partial charge in [-0.15, -0.1) is 0 Å². The van der Waals surface area contributed by atoms with E-state index in [1.54, 1.807) is 12.1 Å². The molecule has 2 unspecified atom stereocenters. The van der Waals surface area contributed by atoms with Crippen molar-refractivity contribution in [2.24, 2.45) is 5.41 Å². The summed E-state index contributed by atoms with van der Waals surface area (Å²) in [4.78, 5) is 23.5. The van der Waals surface area contributed by atoms with E-state index in [4.69, 9.17) is 37.9 Å². The Morgan fingerprint density at radius 2 is 1.60 bits per heavy atom. The monoisotopic (exact) mass is 440 g/mol. The first-order chi connectivity index (χ1) is 14.1. The molecule has 2 aromatic carbocycles. The van der Waals surface area contributed by atoms with Crippen LogP contribution in [0.25, 0.3) is 11.0 Å². The molecule has 0 amide bonds. The maximum Gasteiger partial charge on any atom is 0.324 e. The Labute approximate surface area is 185 Å². The summed E-state index contributed by atoms with van der Waals surface area (Å²) in [5.41, 5.74) is 3.88. The Hall–Kier alpha value is -2.17. The Kier molecular flexibility index (Phi) is 4.23. The van der Waals surface area contributed by atoms with Gasteiger partial charge in [0, 0.05) is 5.92 Å². The van der Waals surface area contributed by atoms with Crippen molar-refractivity contribution in [3.05, 3.63) is 62.9 Å². The van der Waals surface area contributed by atoms with Gasteiger partial charge in [0.25, 0.3) is 0 Å². The molecule has 1 heterocycles. The predicted molar refractivity (Wildman–Crippen MR) is 119 cm³/mol. The number of nitrogens with zero attached hydrogens (tertiary/aromatic N) is 2. The average Bonchev–Trinajstić information content (AvgIpc) is 3.02. The molecule has 2 aliphatic carbocycles. The van der Waals surface area contributed by atoms with Crippen molar-refractivity contribution in [2.45, 2.75) is 51.9 Å². The lowest BCUT2D eigenvalue weighted by Crippen LogP contribution is -2.46. The van der Waals surface area contributed by atoms with E-state index in [1.165, 1.54) is 0 Å². The molecule has 30 heavy (non-hydrogen) atoms. The number of hydrogen-bond acceptors (Lipinski definition) is 4. The lowest BCUT2D eigenvalue weighted by atomic mass is 9.68. The van der Waals surface area contributed by atoms with Crippen LogP contribution in [0.15, 0.2) is 30.3 Å². The first kappa shape index (κ1) is 19.8. The van der Waals surface area contributed by atoms with E-state index in [1.807, 2.05) is 26.0 Å². The minimum atomic E-state index is -0.835. The van der Waals surface area contributed by atoms with Crippen molar-refractivity contribution in [1.82, 2.24) is 9.97 Å². The largest absolute Gasteiger partial charge is 0.426 e. The average molecular weight is 441 g/mol. The van der Waals surface area contributed by atoms with Crippen LogP contribution < -0.4 is 4.74 Å². The number of aryl methyl sites for hydroxylation is 2. The van der Waals surface area contributed by atoms with Crippen molar-refractivity contribution in [1.29, 1.82) is 0 Å². The van der Waals surface area contributed by atoms with Gasteiger partial charge in [-0.3, -0.25) is 4.79 Å². The number of hydrogen-bond donors (Lipinski definition) is 0. The molecule has 3 aromatic rings. The molecule has 0 spiro atoms. The Balaban J connectivity index is 1.67. The van der Waals surface area contributed by atoms with Gasteiger partial charge in [-0.25, -0.2) is 9.97 Å². The van der Waals surface area contributed by atoms with Gasteiger partial charge in [-0.2, -0.15) is 0 Å². The zero-order valence-corrected chi connectivity index (χ0v) is 18.9. The highest BCUT2D eigenvalue weighted by molar-refractivity contribution is 6.42. The van der Waals surface area contributed by atoms with Crippen molar-refractivity contribution < 1.29 is 9.53 Å². The van der Waals surface area contributed by atoms with Crippen LogP contribution in [-0.2, 0) is 10.2 Å². The summed E-state index contributed by atoms with van der Waals surface area (Å²) in [6.07, 6.45) is 1.58. The maximum absolute atomic E-state index is 13.7. The summed E-state index contributed by atoms with van der Waals surface area (Å²) in [6, 6.07) is 9.30. The summed E-state index contributed by atoms with van der Waals surface area (Å²) >= 11 is 12.4. The van der Waals surface area contributed by atoms with Crippen LogP contribution in [-0.4, -0.2) is 15.9 Å². The number of esters is 1.